The van der Waals surface area contributed by atoms with Gasteiger partial charge in [0.15, 0.2) is 5.72 Å². The molecule has 0 fully saturated rings. The standard InChI is InChI=1S/C14H20INO3/c1-4-10-16(13(17)18)14(5-2,19-3)11-8-6-7-9-12(11)15/h6-9H,4-5,10H2,1-3H3,(H,17,18)/t14-/m1/s1. The van der Waals surface area contributed by atoms with Gasteiger partial charge in [-0.1, -0.05) is 32.0 Å². The Labute approximate surface area is 127 Å². The van der Waals surface area contributed by atoms with E-state index in [1.807, 2.05) is 38.1 Å². The lowest BCUT2D eigenvalue weighted by Crippen LogP contribution is -2.50. The van der Waals surface area contributed by atoms with Crippen LogP contribution in [0.2, 0.25) is 0 Å². The first-order valence-electron chi connectivity index (χ1n) is 6.34. The lowest BCUT2D eigenvalue weighted by molar-refractivity contribution is -0.131. The quantitative estimate of drug-likeness (QED) is 0.605. The number of ether oxygens (including phenoxy) is 1. The summed E-state index contributed by atoms with van der Waals surface area (Å²) in [5.74, 6) is 0. The summed E-state index contributed by atoms with van der Waals surface area (Å²) in [6, 6.07) is 7.74. The minimum Gasteiger partial charge on any atom is -0.465 e. The molecule has 1 atom stereocenters. The van der Waals surface area contributed by atoms with Crippen LogP contribution >= 0.6 is 22.6 Å². The fourth-order valence-corrected chi connectivity index (χ4v) is 3.13. The molecule has 5 heteroatoms. The molecule has 4 nitrogen and oxygen atoms in total. The molecule has 0 spiro atoms. The van der Waals surface area contributed by atoms with E-state index in [9.17, 15) is 9.90 Å². The number of nitrogens with zero attached hydrogens (tertiary/aromatic N) is 1. The zero-order valence-electron chi connectivity index (χ0n) is 11.5. The van der Waals surface area contributed by atoms with Gasteiger partial charge in [0.05, 0.1) is 0 Å². The van der Waals surface area contributed by atoms with Crippen LogP contribution in [-0.2, 0) is 10.5 Å². The Morgan fingerprint density at radius 1 is 1.42 bits per heavy atom. The molecular weight excluding hydrogens is 357 g/mol. The number of amides is 1. The van der Waals surface area contributed by atoms with Crippen LogP contribution in [0.1, 0.15) is 32.3 Å². The second-order valence-electron chi connectivity index (χ2n) is 4.26. The minimum absolute atomic E-state index is 0.446. The van der Waals surface area contributed by atoms with E-state index >= 15 is 0 Å². The molecule has 1 aromatic rings. The van der Waals surface area contributed by atoms with Crippen molar-refractivity contribution < 1.29 is 14.6 Å². The lowest BCUT2D eigenvalue weighted by Gasteiger charge is -2.41. The Hall–Kier alpha value is -0.820. The monoisotopic (exact) mass is 377 g/mol. The van der Waals surface area contributed by atoms with E-state index in [4.69, 9.17) is 4.74 Å². The molecule has 0 saturated heterocycles. The summed E-state index contributed by atoms with van der Waals surface area (Å²) in [5.41, 5.74) is -0.0175. The summed E-state index contributed by atoms with van der Waals surface area (Å²) in [4.78, 5) is 13.0. The van der Waals surface area contributed by atoms with Crippen molar-refractivity contribution in [1.29, 1.82) is 0 Å². The molecule has 0 heterocycles. The molecule has 0 aliphatic carbocycles. The number of methoxy groups -OCH3 is 1. The van der Waals surface area contributed by atoms with Crippen molar-refractivity contribution >= 4 is 28.7 Å². The number of hydrogen-bond acceptors (Lipinski definition) is 2. The maximum atomic E-state index is 11.6. The Kier molecular flexibility index (Phi) is 6.06. The van der Waals surface area contributed by atoms with Crippen molar-refractivity contribution in [3.05, 3.63) is 33.4 Å². The van der Waals surface area contributed by atoms with E-state index in [-0.39, 0.29) is 0 Å². The van der Waals surface area contributed by atoms with Gasteiger partial charge in [-0.05, 0) is 41.5 Å². The van der Waals surface area contributed by atoms with Gasteiger partial charge in [-0.15, -0.1) is 0 Å². The van der Waals surface area contributed by atoms with Gasteiger partial charge in [0.2, 0.25) is 0 Å². The molecule has 1 N–H and O–H groups in total. The predicted molar refractivity (Wildman–Crippen MR) is 83.2 cm³/mol. The fraction of sp³-hybridized carbons (Fsp3) is 0.500. The van der Waals surface area contributed by atoms with Crippen molar-refractivity contribution in [2.45, 2.75) is 32.4 Å². The topological polar surface area (TPSA) is 49.8 Å². The summed E-state index contributed by atoms with van der Waals surface area (Å²) < 4.78 is 6.68. The highest BCUT2D eigenvalue weighted by atomic mass is 127. The molecule has 1 amide bonds. The highest BCUT2D eigenvalue weighted by Gasteiger charge is 2.41. The highest BCUT2D eigenvalue weighted by Crippen LogP contribution is 2.36. The molecule has 1 aromatic carbocycles. The smallest absolute Gasteiger partial charge is 0.409 e. The molecule has 0 aliphatic heterocycles. The molecule has 0 unspecified atom stereocenters. The van der Waals surface area contributed by atoms with Crippen LogP contribution in [0.15, 0.2) is 24.3 Å². The van der Waals surface area contributed by atoms with Crippen molar-refractivity contribution in [3.63, 3.8) is 0 Å². The van der Waals surface area contributed by atoms with E-state index in [1.165, 1.54) is 4.90 Å². The SMILES string of the molecule is CCCN(C(=O)O)[C@](CC)(OC)c1ccccc1I. The second kappa shape index (κ2) is 7.09. The lowest BCUT2D eigenvalue weighted by atomic mass is 9.97. The average Bonchev–Trinajstić information content (AvgIpc) is 2.41. The molecule has 0 bridgehead atoms. The van der Waals surface area contributed by atoms with Gasteiger partial charge in [0, 0.05) is 22.8 Å². The van der Waals surface area contributed by atoms with Gasteiger partial charge in [0.25, 0.3) is 0 Å². The summed E-state index contributed by atoms with van der Waals surface area (Å²) in [6.45, 7) is 4.35. The highest BCUT2D eigenvalue weighted by molar-refractivity contribution is 14.1. The number of hydrogen-bond donors (Lipinski definition) is 1. The van der Waals surface area contributed by atoms with Crippen LogP contribution < -0.4 is 0 Å². The van der Waals surface area contributed by atoms with Crippen LogP contribution in [-0.4, -0.2) is 29.8 Å². The first kappa shape index (κ1) is 16.2. The van der Waals surface area contributed by atoms with E-state index in [1.54, 1.807) is 7.11 Å². The maximum Gasteiger partial charge on any atom is 0.409 e. The van der Waals surface area contributed by atoms with Crippen LogP contribution in [0.4, 0.5) is 4.79 Å². The van der Waals surface area contributed by atoms with Crippen LogP contribution in [0.25, 0.3) is 0 Å². The maximum absolute atomic E-state index is 11.6. The first-order valence-corrected chi connectivity index (χ1v) is 7.42. The molecule has 0 radical (unpaired) electrons. The third-order valence-corrected chi connectivity index (χ3v) is 4.17. The third kappa shape index (κ3) is 3.20. The molecule has 1 rings (SSSR count). The third-order valence-electron chi connectivity index (χ3n) is 3.23. The Morgan fingerprint density at radius 3 is 2.47 bits per heavy atom. The molecule has 0 saturated carbocycles. The Morgan fingerprint density at radius 2 is 2.05 bits per heavy atom. The summed E-state index contributed by atoms with van der Waals surface area (Å²) in [5, 5.41) is 9.50. The van der Waals surface area contributed by atoms with Crippen molar-refractivity contribution in [1.82, 2.24) is 4.90 Å². The molecule has 106 valence electrons. The van der Waals surface area contributed by atoms with E-state index in [0.717, 1.165) is 15.6 Å². The molecular formula is C14H20INO3. The van der Waals surface area contributed by atoms with Gasteiger partial charge in [0.1, 0.15) is 0 Å². The van der Waals surface area contributed by atoms with Gasteiger partial charge in [-0.25, -0.2) is 4.79 Å². The number of carbonyl (C=O) groups is 1. The fourth-order valence-electron chi connectivity index (χ4n) is 2.32. The number of carboxylic acid groups (broad SMARTS) is 1. The average molecular weight is 377 g/mol. The van der Waals surface area contributed by atoms with Crippen molar-refractivity contribution in [3.8, 4) is 0 Å². The van der Waals surface area contributed by atoms with Crippen molar-refractivity contribution in [2.75, 3.05) is 13.7 Å². The minimum atomic E-state index is -0.954. The predicted octanol–water partition coefficient (Wildman–Crippen LogP) is 3.89. The van der Waals surface area contributed by atoms with Crippen LogP contribution in [0.3, 0.4) is 0 Å². The summed E-state index contributed by atoms with van der Waals surface area (Å²) in [6.07, 6.45) is 0.363. The molecule has 19 heavy (non-hydrogen) atoms. The van der Waals surface area contributed by atoms with Gasteiger partial charge >= 0.3 is 6.09 Å². The largest absolute Gasteiger partial charge is 0.465 e. The van der Waals surface area contributed by atoms with E-state index in [0.29, 0.717) is 13.0 Å². The number of halogens is 1. The summed E-state index contributed by atoms with van der Waals surface area (Å²) in [7, 11) is 1.57. The Bertz CT molecular complexity index is 432. The van der Waals surface area contributed by atoms with Gasteiger partial charge in [-0.2, -0.15) is 0 Å². The van der Waals surface area contributed by atoms with Gasteiger partial charge < -0.3 is 9.84 Å². The normalized spacial score (nSPS) is 13.9. The zero-order chi connectivity index (χ0) is 14.5. The summed E-state index contributed by atoms with van der Waals surface area (Å²) >= 11 is 2.22. The van der Waals surface area contributed by atoms with Crippen LogP contribution in [0, 0.1) is 3.57 Å². The number of rotatable bonds is 6. The van der Waals surface area contributed by atoms with Gasteiger partial charge in [-0.3, -0.25) is 4.90 Å². The van der Waals surface area contributed by atoms with E-state index < -0.39 is 11.8 Å². The van der Waals surface area contributed by atoms with Crippen LogP contribution in [0.5, 0.6) is 0 Å². The molecule has 0 aliphatic rings. The zero-order valence-corrected chi connectivity index (χ0v) is 13.7. The Balaban J connectivity index is 3.37. The number of benzene rings is 1. The first-order chi connectivity index (χ1) is 9.03. The molecule has 0 aromatic heterocycles. The van der Waals surface area contributed by atoms with Crippen molar-refractivity contribution in [2.24, 2.45) is 0 Å². The second-order valence-corrected chi connectivity index (χ2v) is 5.42. The van der Waals surface area contributed by atoms with E-state index in [2.05, 4.69) is 22.6 Å².